The van der Waals surface area contributed by atoms with Crippen LogP contribution in [0.25, 0.3) is 0 Å². The molecule has 120 heavy (non-hydrogen) atoms. The molecule has 0 saturated carbocycles. The highest BCUT2D eigenvalue weighted by Gasteiger charge is 2.08. The lowest BCUT2D eigenvalue weighted by molar-refractivity contribution is 0.116. The van der Waals surface area contributed by atoms with Crippen LogP contribution in [0, 0.1) is 143 Å². The number of rotatable bonds is 54. The molecule has 0 fully saturated rings. The maximum atomic E-state index is 6.28. The van der Waals surface area contributed by atoms with E-state index in [-0.39, 0.29) is 0 Å². The van der Waals surface area contributed by atoms with Crippen molar-refractivity contribution in [1.82, 2.24) is 0 Å². The molecule has 626 valence electrons. The molecule has 6 aromatic carbocycles. The van der Waals surface area contributed by atoms with Gasteiger partial charge in [0, 0.05) is 106 Å². The third kappa shape index (κ3) is 47.6. The van der Waals surface area contributed by atoms with Crippen molar-refractivity contribution >= 4 is 0 Å². The van der Waals surface area contributed by atoms with E-state index in [1.54, 1.807) is 0 Å². The van der Waals surface area contributed by atoms with Crippen LogP contribution in [0.1, 0.15) is 373 Å². The predicted octanol–water partition coefficient (Wildman–Crippen LogP) is 25.9. The fourth-order valence-electron chi connectivity index (χ4n) is 13.6. The quantitative estimate of drug-likeness (QED) is 0.0280. The average Bonchev–Trinajstić information content (AvgIpc) is 0.900. The molecular weight excluding hydrogens is 1470 g/mol. The lowest BCUT2D eigenvalue weighted by Gasteiger charge is -2.06. The van der Waals surface area contributed by atoms with E-state index >= 15 is 0 Å². The van der Waals surface area contributed by atoms with Gasteiger partial charge in [0.05, 0.1) is 39.6 Å². The minimum Gasteiger partial charge on any atom is -0.377 e. The van der Waals surface area contributed by atoms with Crippen LogP contribution in [0.2, 0.25) is 0 Å². The summed E-state index contributed by atoms with van der Waals surface area (Å²) in [5, 5.41) is 0. The minimum atomic E-state index is 0.432. The number of hydrogen-bond donors (Lipinski definition) is 0. The van der Waals surface area contributed by atoms with E-state index in [4.69, 9.17) is 41.3 Å². The molecule has 0 bridgehead atoms. The number of benzene rings is 6. The van der Waals surface area contributed by atoms with Gasteiger partial charge in [-0.3, -0.25) is 0 Å². The van der Waals surface area contributed by atoms with Gasteiger partial charge in [-0.1, -0.05) is 305 Å². The first kappa shape index (κ1) is 98.6. The summed E-state index contributed by atoms with van der Waals surface area (Å²) in [6.45, 7) is 20.4. The van der Waals surface area contributed by atoms with Crippen LogP contribution in [-0.2, 0) is 68.1 Å². The van der Waals surface area contributed by atoms with E-state index in [9.17, 15) is 0 Å². The second-order valence-electron chi connectivity index (χ2n) is 31.2. The third-order valence-electron chi connectivity index (χ3n) is 20.1. The standard InChI is InChI=1S/C114H134O6/c1-9-17-23-29-35-51-67-115-91-109-75-97(15-7)73-99(81-109)57-41-43-59-101-77-103(85-111(83-101)93-117-69-53-37-31-25-19-11-3)61-45-47-63-105-79-107(89-113(87-105)95-119-71-55-39-33-27-21-13-5)65-49-50-66-108-80-106(88-114(90-108)96-120-72-56-40-34-28-22-14-6)64-48-46-62-104-78-102(84-112(86-104)94-118-70-54-38-32-26-20-12-4)60-44-42-58-100-74-98(16-8)76-110(82-100)92-116-68-52-36-30-24-18-10-2/h7-8,73-90H,9-14,17-40,51-56,67-72,91-96H2,1-6H3. The van der Waals surface area contributed by atoms with Crippen molar-refractivity contribution < 1.29 is 28.4 Å². The van der Waals surface area contributed by atoms with Gasteiger partial charge in [-0.05, 0) is 240 Å². The Morgan fingerprint density at radius 2 is 0.292 bits per heavy atom. The first-order valence-electron chi connectivity index (χ1n) is 45.5. The Morgan fingerprint density at radius 3 is 0.433 bits per heavy atom. The molecule has 6 aromatic rings. The Bertz CT molecular complexity index is 4490. The summed E-state index contributed by atoms with van der Waals surface area (Å²) in [6.07, 6.45) is 55.0. The molecule has 0 atom stereocenters. The monoisotopic (exact) mass is 1600 g/mol. The highest BCUT2D eigenvalue weighted by Crippen LogP contribution is 2.20. The number of hydrogen-bond acceptors (Lipinski definition) is 6. The Labute approximate surface area is 728 Å². The molecule has 0 aliphatic rings. The number of terminal acetylenes is 2. The van der Waals surface area contributed by atoms with Crippen LogP contribution < -0.4 is 0 Å². The van der Waals surface area contributed by atoms with Gasteiger partial charge < -0.3 is 28.4 Å². The molecule has 0 radical (unpaired) electrons. The summed E-state index contributed by atoms with van der Waals surface area (Å²) >= 11 is 0. The van der Waals surface area contributed by atoms with Gasteiger partial charge in [0.15, 0.2) is 0 Å². The van der Waals surface area contributed by atoms with Gasteiger partial charge in [-0.2, -0.15) is 0 Å². The Kier molecular flexibility index (Phi) is 54.7. The first-order valence-corrected chi connectivity index (χ1v) is 45.5. The SMILES string of the molecule is C#Cc1cc(C#CC#Cc2cc(C#CC#Cc3cc(C#CC#Cc4cc(C#CC#Cc5cc(C#CC#Cc6cc(C#C)cc(COCCCCCCCC)c6)cc(COCCCCCCCC)c5)cc(COCCCCCCCC)c4)cc(COCCCCCCCC)c3)cc(COCCCCCCCC)c2)cc(COCCCCCCCC)c1. The second kappa shape index (κ2) is 66.6. The van der Waals surface area contributed by atoms with Crippen molar-refractivity contribution in [1.29, 1.82) is 0 Å². The highest BCUT2D eigenvalue weighted by molar-refractivity contribution is 5.57. The van der Waals surface area contributed by atoms with Crippen molar-refractivity contribution in [3.05, 3.63) is 209 Å². The highest BCUT2D eigenvalue weighted by atomic mass is 16.5. The Hall–Kier alpha value is -10.2. The van der Waals surface area contributed by atoms with E-state index in [0.29, 0.717) is 66.1 Å². The van der Waals surface area contributed by atoms with E-state index < -0.39 is 0 Å². The molecule has 0 unspecified atom stereocenters. The van der Waals surface area contributed by atoms with Gasteiger partial charge in [-0.15, -0.1) is 12.8 Å². The van der Waals surface area contributed by atoms with Crippen molar-refractivity contribution in [2.75, 3.05) is 39.6 Å². The molecular formula is C114H134O6. The van der Waals surface area contributed by atoms with Gasteiger partial charge in [0.25, 0.3) is 0 Å². The smallest absolute Gasteiger partial charge is 0.0717 e. The lowest BCUT2D eigenvalue weighted by Crippen LogP contribution is -1.97. The molecule has 0 aromatic heterocycles. The molecule has 0 heterocycles. The Morgan fingerprint density at radius 1 is 0.167 bits per heavy atom. The normalized spacial score (nSPS) is 10.2. The minimum absolute atomic E-state index is 0.432. The summed E-state index contributed by atoms with van der Waals surface area (Å²) in [4.78, 5) is 0. The van der Waals surface area contributed by atoms with Crippen LogP contribution in [-0.4, -0.2) is 39.6 Å². The maximum Gasteiger partial charge on any atom is 0.0717 e. The van der Waals surface area contributed by atoms with Crippen LogP contribution in [0.5, 0.6) is 0 Å². The molecule has 0 amide bonds. The van der Waals surface area contributed by atoms with Crippen LogP contribution in [0.4, 0.5) is 0 Å². The maximum absolute atomic E-state index is 6.28. The van der Waals surface area contributed by atoms with E-state index in [2.05, 4.69) is 220 Å². The molecule has 0 spiro atoms. The lowest BCUT2D eigenvalue weighted by atomic mass is 10.1. The number of unbranched alkanes of at least 4 members (excludes halogenated alkanes) is 30. The molecule has 0 N–H and O–H groups in total. The summed E-state index contributed by atoms with van der Waals surface area (Å²) in [6, 6.07) is 36.3. The fourth-order valence-corrected chi connectivity index (χ4v) is 13.6. The molecule has 0 saturated heterocycles. The largest absolute Gasteiger partial charge is 0.377 e. The van der Waals surface area contributed by atoms with Crippen molar-refractivity contribution in [2.45, 2.75) is 312 Å². The van der Waals surface area contributed by atoms with Crippen LogP contribution in [0.3, 0.4) is 0 Å². The first-order chi connectivity index (χ1) is 59.2. The molecule has 6 heteroatoms. The third-order valence-corrected chi connectivity index (χ3v) is 20.1. The topological polar surface area (TPSA) is 55.4 Å². The predicted molar refractivity (Wildman–Crippen MR) is 501 cm³/mol. The van der Waals surface area contributed by atoms with Crippen LogP contribution in [0.15, 0.2) is 109 Å². The van der Waals surface area contributed by atoms with Gasteiger partial charge in [0.1, 0.15) is 0 Å². The van der Waals surface area contributed by atoms with Gasteiger partial charge in [-0.25, -0.2) is 0 Å². The van der Waals surface area contributed by atoms with Gasteiger partial charge in [0.2, 0.25) is 0 Å². The van der Waals surface area contributed by atoms with Crippen molar-refractivity contribution in [3.63, 3.8) is 0 Å². The Balaban J connectivity index is 1.27. The summed E-state index contributed by atoms with van der Waals surface area (Å²) < 4.78 is 37.1. The fraction of sp³-hybridized carbons (Fsp3) is 0.474. The molecule has 6 nitrogen and oxygen atoms in total. The summed E-state index contributed by atoms with van der Waals surface area (Å²) in [5.41, 5.74) is 15.3. The van der Waals surface area contributed by atoms with Gasteiger partial charge >= 0.3 is 0 Å². The van der Waals surface area contributed by atoms with Crippen molar-refractivity contribution in [3.8, 4) is 143 Å². The zero-order valence-corrected chi connectivity index (χ0v) is 73.9. The van der Waals surface area contributed by atoms with Crippen LogP contribution >= 0.6 is 0 Å². The van der Waals surface area contributed by atoms with Crippen molar-refractivity contribution in [2.24, 2.45) is 0 Å². The van der Waals surface area contributed by atoms with E-state index in [1.165, 1.54) is 167 Å². The summed E-state index contributed by atoms with van der Waals surface area (Å²) in [7, 11) is 0. The van der Waals surface area contributed by atoms with E-state index in [1.807, 2.05) is 60.7 Å². The molecule has 0 aliphatic carbocycles. The molecule has 6 rings (SSSR count). The van der Waals surface area contributed by atoms with E-state index in [0.717, 1.165) is 178 Å². The number of ether oxygens (including phenoxy) is 6. The zero-order valence-electron chi connectivity index (χ0n) is 73.9. The molecule has 0 aliphatic heterocycles. The average molecular weight is 1600 g/mol. The second-order valence-corrected chi connectivity index (χ2v) is 31.2. The summed E-state index contributed by atoms with van der Waals surface area (Å²) in [5.74, 6) is 69.8. The zero-order chi connectivity index (χ0) is 84.9.